The molecule has 6 heteroatoms. The fourth-order valence-electron chi connectivity index (χ4n) is 2.11. The van der Waals surface area contributed by atoms with Gasteiger partial charge in [0.15, 0.2) is 0 Å². The molecule has 1 aromatic carbocycles. The van der Waals surface area contributed by atoms with Gasteiger partial charge in [0.2, 0.25) is 0 Å². The van der Waals surface area contributed by atoms with Gasteiger partial charge in [0, 0.05) is 23.6 Å². The molecule has 0 fully saturated rings. The van der Waals surface area contributed by atoms with Crippen molar-refractivity contribution in [3.8, 4) is 11.5 Å². The smallest absolute Gasteiger partial charge is 0.303 e. The van der Waals surface area contributed by atoms with Crippen molar-refractivity contribution in [1.29, 1.82) is 0 Å². The first kappa shape index (κ1) is 17.2. The van der Waals surface area contributed by atoms with Gasteiger partial charge >= 0.3 is 5.97 Å². The van der Waals surface area contributed by atoms with E-state index in [2.05, 4.69) is 0 Å². The predicted molar refractivity (Wildman–Crippen MR) is 77.5 cm³/mol. The lowest BCUT2D eigenvalue weighted by molar-refractivity contribution is -0.137. The third kappa shape index (κ3) is 4.32. The molecule has 0 heterocycles. The second-order valence-electron chi connectivity index (χ2n) is 5.31. The van der Waals surface area contributed by atoms with Gasteiger partial charge in [-0.1, -0.05) is 0 Å². The van der Waals surface area contributed by atoms with Gasteiger partial charge in [0.05, 0.1) is 14.2 Å². The molecule has 0 amide bonds. The summed E-state index contributed by atoms with van der Waals surface area (Å²) < 4.78 is 24.7. The van der Waals surface area contributed by atoms with E-state index in [-0.39, 0.29) is 12.8 Å². The topological polar surface area (TPSA) is 81.8 Å². The van der Waals surface area contributed by atoms with Crippen LogP contribution >= 0.6 is 0 Å². The number of carboxylic acid groups (broad SMARTS) is 1. The zero-order valence-corrected chi connectivity index (χ0v) is 12.8. The minimum absolute atomic E-state index is 0.0526. The number of nitrogens with two attached hydrogens (primary N) is 1. The Hall–Kier alpha value is -1.82. The van der Waals surface area contributed by atoms with Crippen molar-refractivity contribution >= 4 is 5.97 Å². The molecule has 5 nitrogen and oxygen atoms in total. The number of carbonyl (C=O) groups is 1. The maximum Gasteiger partial charge on any atom is 0.303 e. The molecule has 21 heavy (non-hydrogen) atoms. The summed E-state index contributed by atoms with van der Waals surface area (Å²) in [5.74, 6) is -0.128. The largest absolute Gasteiger partial charge is 0.496 e. The van der Waals surface area contributed by atoms with Crippen LogP contribution in [0.4, 0.5) is 4.39 Å². The highest BCUT2D eigenvalue weighted by Gasteiger charge is 2.27. The molecule has 0 saturated heterocycles. The number of carboxylic acids is 1. The van der Waals surface area contributed by atoms with E-state index in [4.69, 9.17) is 20.3 Å². The number of aliphatic carboxylic acids is 1. The average molecular weight is 299 g/mol. The first-order chi connectivity index (χ1) is 9.70. The van der Waals surface area contributed by atoms with Gasteiger partial charge in [-0.25, -0.2) is 4.39 Å². The lowest BCUT2D eigenvalue weighted by Gasteiger charge is -2.23. The monoisotopic (exact) mass is 299 g/mol. The Morgan fingerprint density at radius 2 is 1.90 bits per heavy atom. The predicted octanol–water partition coefficient (Wildman–Crippen LogP) is 2.77. The highest BCUT2D eigenvalue weighted by atomic mass is 19.1. The van der Waals surface area contributed by atoms with Crippen LogP contribution in [0.5, 0.6) is 11.5 Å². The van der Waals surface area contributed by atoms with Crippen LogP contribution in [0.15, 0.2) is 12.1 Å². The highest BCUT2D eigenvalue weighted by Crippen LogP contribution is 2.39. The molecule has 3 N–H and O–H groups in total. The fraction of sp³-hybridized carbons (Fsp3) is 0.533. The molecule has 0 aromatic heterocycles. The quantitative estimate of drug-likeness (QED) is 0.809. The number of halogens is 1. The zero-order chi connectivity index (χ0) is 16.2. The van der Waals surface area contributed by atoms with E-state index in [9.17, 15) is 9.18 Å². The van der Waals surface area contributed by atoms with Crippen molar-refractivity contribution in [2.75, 3.05) is 14.2 Å². The minimum Gasteiger partial charge on any atom is -0.496 e. The van der Waals surface area contributed by atoms with Crippen molar-refractivity contribution in [3.05, 3.63) is 23.3 Å². The van der Waals surface area contributed by atoms with Crippen LogP contribution in [-0.4, -0.2) is 25.3 Å². The van der Waals surface area contributed by atoms with E-state index in [0.29, 0.717) is 22.6 Å². The normalized spacial score (nSPS) is 12.9. The lowest BCUT2D eigenvalue weighted by atomic mass is 9.93. The van der Waals surface area contributed by atoms with Crippen LogP contribution in [0.3, 0.4) is 0 Å². The molecule has 0 radical (unpaired) electrons. The van der Waals surface area contributed by atoms with Gasteiger partial charge in [-0.2, -0.15) is 0 Å². The Balaban J connectivity index is 3.23. The fourth-order valence-corrected chi connectivity index (χ4v) is 2.11. The number of hydrogen-bond acceptors (Lipinski definition) is 4. The molecule has 0 spiro atoms. The van der Waals surface area contributed by atoms with Crippen LogP contribution in [0.25, 0.3) is 0 Å². The highest BCUT2D eigenvalue weighted by molar-refractivity contribution is 5.66. The molecule has 1 rings (SSSR count). The Kier molecular flexibility index (Phi) is 5.54. The molecule has 1 unspecified atom stereocenters. The Bertz CT molecular complexity index is 511. The molecule has 0 aliphatic heterocycles. The van der Waals surface area contributed by atoms with Gasteiger partial charge < -0.3 is 20.3 Å². The molecule has 1 atom stereocenters. The molecular formula is C15H22FNO4. The van der Waals surface area contributed by atoms with Crippen LogP contribution in [-0.2, 0) is 10.5 Å². The summed E-state index contributed by atoms with van der Waals surface area (Å²) in [6.07, 6.45) is 0.205. The second kappa shape index (κ2) is 6.76. The Morgan fingerprint density at radius 1 is 1.33 bits per heavy atom. The van der Waals surface area contributed by atoms with Crippen molar-refractivity contribution in [2.45, 2.75) is 38.4 Å². The number of benzene rings is 1. The number of alkyl halides is 1. The van der Waals surface area contributed by atoms with Crippen molar-refractivity contribution < 1.29 is 23.8 Å². The minimum atomic E-state index is -1.59. The Labute approximate surface area is 123 Å². The number of rotatable bonds is 7. The van der Waals surface area contributed by atoms with E-state index in [1.54, 1.807) is 12.1 Å². The van der Waals surface area contributed by atoms with E-state index in [1.807, 2.05) is 0 Å². The molecule has 0 aliphatic carbocycles. The molecule has 118 valence electrons. The SMILES string of the molecule is COc1cc(C(C)(C)F)c(OC)cc1C(N)CCC(=O)O. The molecule has 0 saturated carbocycles. The maximum absolute atomic E-state index is 14.2. The number of ether oxygens (including phenoxy) is 2. The van der Waals surface area contributed by atoms with Crippen molar-refractivity contribution in [2.24, 2.45) is 5.73 Å². The van der Waals surface area contributed by atoms with E-state index >= 15 is 0 Å². The maximum atomic E-state index is 14.2. The number of hydrogen-bond donors (Lipinski definition) is 2. The van der Waals surface area contributed by atoms with Crippen LogP contribution in [0, 0.1) is 0 Å². The molecule has 0 aliphatic rings. The van der Waals surface area contributed by atoms with Gasteiger partial charge in [-0.3, -0.25) is 4.79 Å². The van der Waals surface area contributed by atoms with Gasteiger partial charge in [-0.15, -0.1) is 0 Å². The Morgan fingerprint density at radius 3 is 2.33 bits per heavy atom. The summed E-state index contributed by atoms with van der Waals surface area (Å²) in [6.45, 7) is 2.85. The lowest BCUT2D eigenvalue weighted by Crippen LogP contribution is -2.16. The average Bonchev–Trinajstić information content (AvgIpc) is 2.42. The number of methoxy groups -OCH3 is 2. The summed E-state index contributed by atoms with van der Waals surface area (Å²) >= 11 is 0. The molecule has 1 aromatic rings. The standard InChI is InChI=1S/C15H22FNO4/c1-15(2,16)10-8-12(20-3)9(7-13(10)21-4)11(17)5-6-14(18)19/h7-8,11H,5-6,17H2,1-4H3,(H,18,19). The van der Waals surface area contributed by atoms with Crippen LogP contribution in [0.2, 0.25) is 0 Å². The summed E-state index contributed by atoms with van der Waals surface area (Å²) in [5, 5.41) is 8.73. The molecule has 0 bridgehead atoms. The summed E-state index contributed by atoms with van der Waals surface area (Å²) in [7, 11) is 2.91. The van der Waals surface area contributed by atoms with Crippen molar-refractivity contribution in [3.63, 3.8) is 0 Å². The summed E-state index contributed by atoms with van der Waals surface area (Å²) in [6, 6.07) is 2.64. The van der Waals surface area contributed by atoms with Gasteiger partial charge in [-0.05, 0) is 32.4 Å². The summed E-state index contributed by atoms with van der Waals surface area (Å²) in [5.41, 5.74) is 5.37. The van der Waals surface area contributed by atoms with Gasteiger partial charge in [0.25, 0.3) is 0 Å². The van der Waals surface area contributed by atoms with Crippen LogP contribution < -0.4 is 15.2 Å². The summed E-state index contributed by atoms with van der Waals surface area (Å²) in [4.78, 5) is 10.6. The molecular weight excluding hydrogens is 277 g/mol. The van der Waals surface area contributed by atoms with E-state index in [0.717, 1.165) is 0 Å². The third-order valence-electron chi connectivity index (χ3n) is 3.26. The van der Waals surface area contributed by atoms with E-state index < -0.39 is 17.7 Å². The first-order valence-electron chi connectivity index (χ1n) is 6.63. The second-order valence-corrected chi connectivity index (χ2v) is 5.31. The first-order valence-corrected chi connectivity index (χ1v) is 6.63. The third-order valence-corrected chi connectivity index (χ3v) is 3.26. The van der Waals surface area contributed by atoms with Crippen LogP contribution in [0.1, 0.15) is 43.9 Å². The van der Waals surface area contributed by atoms with Crippen molar-refractivity contribution in [1.82, 2.24) is 0 Å². The van der Waals surface area contributed by atoms with Gasteiger partial charge in [0.1, 0.15) is 17.2 Å². The zero-order valence-electron chi connectivity index (χ0n) is 12.8. The van der Waals surface area contributed by atoms with E-state index in [1.165, 1.54) is 28.1 Å².